The van der Waals surface area contributed by atoms with Gasteiger partial charge < -0.3 is 14.7 Å². The summed E-state index contributed by atoms with van der Waals surface area (Å²) >= 11 is 0. The summed E-state index contributed by atoms with van der Waals surface area (Å²) in [6.07, 6.45) is 7.56. The van der Waals surface area contributed by atoms with Crippen molar-refractivity contribution in [2.45, 2.75) is 57.0 Å². The molecule has 21 heavy (non-hydrogen) atoms. The number of carbonyl (C=O) groups excluding carboxylic acids is 1. The quantitative estimate of drug-likeness (QED) is 0.577. The second kappa shape index (κ2) is 7.59. The Labute approximate surface area is 126 Å². The zero-order valence-corrected chi connectivity index (χ0v) is 12.5. The molecule has 3 unspecified atom stereocenters. The number of hydrogen-bond acceptors (Lipinski definition) is 3. The normalized spacial score (nSPS) is 28.2. The van der Waals surface area contributed by atoms with E-state index in [9.17, 15) is 14.7 Å². The highest BCUT2D eigenvalue weighted by molar-refractivity contribution is 5.84. The SMILES string of the molecule is C=CCOCCCC(=O)N1C(C(=O)O)CC2CCCCC21. The predicted octanol–water partition coefficient (Wildman–Crippen LogP) is 2.21. The van der Waals surface area contributed by atoms with Crippen LogP contribution in [-0.2, 0) is 14.3 Å². The van der Waals surface area contributed by atoms with Crippen molar-refractivity contribution in [1.29, 1.82) is 0 Å². The Hall–Kier alpha value is -1.36. The van der Waals surface area contributed by atoms with E-state index < -0.39 is 12.0 Å². The van der Waals surface area contributed by atoms with E-state index in [1.54, 1.807) is 11.0 Å². The van der Waals surface area contributed by atoms with Crippen molar-refractivity contribution < 1.29 is 19.4 Å². The molecule has 0 radical (unpaired) electrons. The summed E-state index contributed by atoms with van der Waals surface area (Å²) in [6, 6.07) is -0.485. The molecule has 1 aliphatic heterocycles. The Kier molecular flexibility index (Phi) is 5.79. The van der Waals surface area contributed by atoms with Crippen molar-refractivity contribution >= 4 is 11.9 Å². The molecule has 5 nitrogen and oxygen atoms in total. The number of likely N-dealkylation sites (tertiary alicyclic amines) is 1. The van der Waals surface area contributed by atoms with Crippen LogP contribution in [0.15, 0.2) is 12.7 Å². The van der Waals surface area contributed by atoms with Gasteiger partial charge in [-0.3, -0.25) is 4.79 Å². The zero-order valence-electron chi connectivity index (χ0n) is 12.5. The Bertz CT molecular complexity index is 396. The maximum Gasteiger partial charge on any atom is 0.326 e. The smallest absolute Gasteiger partial charge is 0.326 e. The van der Waals surface area contributed by atoms with Gasteiger partial charge in [0.1, 0.15) is 6.04 Å². The molecule has 1 saturated heterocycles. The van der Waals surface area contributed by atoms with Gasteiger partial charge in [0.25, 0.3) is 0 Å². The number of ether oxygens (including phenoxy) is 1. The molecule has 118 valence electrons. The molecule has 0 spiro atoms. The van der Waals surface area contributed by atoms with Gasteiger partial charge in [-0.2, -0.15) is 0 Å². The fraction of sp³-hybridized carbons (Fsp3) is 0.750. The van der Waals surface area contributed by atoms with Crippen molar-refractivity contribution in [2.75, 3.05) is 13.2 Å². The van der Waals surface area contributed by atoms with Crippen LogP contribution in [0.4, 0.5) is 0 Å². The molecular weight excluding hydrogens is 270 g/mol. The highest BCUT2D eigenvalue weighted by atomic mass is 16.5. The van der Waals surface area contributed by atoms with Gasteiger partial charge in [0.05, 0.1) is 6.61 Å². The van der Waals surface area contributed by atoms with Gasteiger partial charge in [-0.15, -0.1) is 6.58 Å². The van der Waals surface area contributed by atoms with Gasteiger partial charge in [-0.05, 0) is 31.6 Å². The monoisotopic (exact) mass is 295 g/mol. The number of rotatable bonds is 7. The minimum Gasteiger partial charge on any atom is -0.480 e. The first-order valence-corrected chi connectivity index (χ1v) is 7.87. The van der Waals surface area contributed by atoms with Gasteiger partial charge in [-0.1, -0.05) is 18.9 Å². The van der Waals surface area contributed by atoms with Crippen LogP contribution in [-0.4, -0.2) is 47.2 Å². The van der Waals surface area contributed by atoms with E-state index in [2.05, 4.69) is 6.58 Å². The first-order chi connectivity index (χ1) is 10.1. The summed E-state index contributed by atoms with van der Waals surface area (Å²) in [7, 11) is 0. The second-order valence-electron chi connectivity index (χ2n) is 5.97. The van der Waals surface area contributed by atoms with Crippen molar-refractivity contribution in [3.8, 4) is 0 Å². The third kappa shape index (κ3) is 3.84. The Balaban J connectivity index is 1.91. The Morgan fingerprint density at radius 3 is 2.81 bits per heavy atom. The van der Waals surface area contributed by atoms with Crippen LogP contribution in [0.1, 0.15) is 44.9 Å². The van der Waals surface area contributed by atoms with Crippen LogP contribution in [0.3, 0.4) is 0 Å². The van der Waals surface area contributed by atoms with Gasteiger partial charge >= 0.3 is 5.97 Å². The summed E-state index contributed by atoms with van der Waals surface area (Å²) in [5.41, 5.74) is 0. The predicted molar refractivity (Wildman–Crippen MR) is 78.9 cm³/mol. The number of carbonyl (C=O) groups is 2. The number of carboxylic acid groups (broad SMARTS) is 1. The average molecular weight is 295 g/mol. The van der Waals surface area contributed by atoms with Crippen molar-refractivity contribution in [1.82, 2.24) is 4.90 Å². The molecule has 2 fully saturated rings. The molecule has 0 bridgehead atoms. The molecule has 0 aromatic rings. The van der Waals surface area contributed by atoms with E-state index in [-0.39, 0.29) is 11.9 Å². The lowest BCUT2D eigenvalue weighted by molar-refractivity contribution is -0.150. The maximum absolute atomic E-state index is 12.4. The third-order valence-corrected chi connectivity index (χ3v) is 4.58. The van der Waals surface area contributed by atoms with Crippen molar-refractivity contribution in [2.24, 2.45) is 5.92 Å². The van der Waals surface area contributed by atoms with Crippen LogP contribution in [0, 0.1) is 5.92 Å². The van der Waals surface area contributed by atoms with E-state index in [4.69, 9.17) is 4.74 Å². The maximum atomic E-state index is 12.4. The summed E-state index contributed by atoms with van der Waals surface area (Å²) < 4.78 is 5.27. The number of fused-ring (bicyclic) bond motifs is 1. The summed E-state index contributed by atoms with van der Waals surface area (Å²) in [6.45, 7) is 4.56. The molecular formula is C16H25NO4. The van der Waals surface area contributed by atoms with E-state index in [0.717, 1.165) is 25.7 Å². The summed E-state index contributed by atoms with van der Waals surface area (Å²) in [5, 5.41) is 9.39. The molecule has 2 rings (SSSR count). The van der Waals surface area contributed by atoms with Gasteiger partial charge in [0, 0.05) is 19.1 Å². The molecule has 1 aliphatic carbocycles. The fourth-order valence-electron chi connectivity index (χ4n) is 3.66. The lowest BCUT2D eigenvalue weighted by Crippen LogP contribution is -2.46. The standard InChI is InChI=1S/C16H25NO4/c1-2-9-21-10-5-8-15(18)17-13-7-4-3-6-12(13)11-14(17)16(19)20/h2,12-14H,1,3-11H2,(H,19,20). The van der Waals surface area contributed by atoms with Crippen LogP contribution in [0.2, 0.25) is 0 Å². The molecule has 5 heteroatoms. The summed E-state index contributed by atoms with van der Waals surface area (Å²) in [5.74, 6) is -0.513. The van der Waals surface area contributed by atoms with E-state index in [0.29, 0.717) is 38.4 Å². The highest BCUT2D eigenvalue weighted by Gasteiger charge is 2.47. The molecule has 3 atom stereocenters. The highest BCUT2D eigenvalue weighted by Crippen LogP contribution is 2.40. The topological polar surface area (TPSA) is 66.8 Å². The Morgan fingerprint density at radius 1 is 1.33 bits per heavy atom. The van der Waals surface area contributed by atoms with Crippen LogP contribution in [0.25, 0.3) is 0 Å². The Morgan fingerprint density at radius 2 is 2.10 bits per heavy atom. The minimum atomic E-state index is -0.861. The van der Waals surface area contributed by atoms with Gasteiger partial charge in [-0.25, -0.2) is 4.79 Å². The second-order valence-corrected chi connectivity index (χ2v) is 5.97. The van der Waals surface area contributed by atoms with Crippen LogP contribution < -0.4 is 0 Å². The van der Waals surface area contributed by atoms with E-state index >= 15 is 0 Å². The molecule has 1 N–H and O–H groups in total. The number of aliphatic carboxylic acids is 1. The lowest BCUT2D eigenvalue weighted by Gasteiger charge is -2.33. The van der Waals surface area contributed by atoms with E-state index in [1.165, 1.54) is 0 Å². The van der Waals surface area contributed by atoms with Crippen molar-refractivity contribution in [3.63, 3.8) is 0 Å². The molecule has 1 heterocycles. The summed E-state index contributed by atoms with van der Waals surface area (Å²) in [4.78, 5) is 25.5. The average Bonchev–Trinajstić information content (AvgIpc) is 2.86. The van der Waals surface area contributed by atoms with Crippen LogP contribution in [0.5, 0.6) is 0 Å². The molecule has 1 saturated carbocycles. The van der Waals surface area contributed by atoms with Gasteiger partial charge in [0.15, 0.2) is 0 Å². The zero-order chi connectivity index (χ0) is 15.2. The van der Waals surface area contributed by atoms with Crippen molar-refractivity contribution in [3.05, 3.63) is 12.7 Å². The lowest BCUT2D eigenvalue weighted by atomic mass is 9.84. The van der Waals surface area contributed by atoms with E-state index in [1.807, 2.05) is 0 Å². The number of nitrogens with zero attached hydrogens (tertiary/aromatic N) is 1. The van der Waals surface area contributed by atoms with Crippen LogP contribution >= 0.6 is 0 Å². The van der Waals surface area contributed by atoms with Gasteiger partial charge in [0.2, 0.25) is 5.91 Å². The largest absolute Gasteiger partial charge is 0.480 e. The minimum absolute atomic E-state index is 0.0287. The molecule has 0 aromatic heterocycles. The first kappa shape index (κ1) is 16.0. The number of amides is 1. The fourth-order valence-corrected chi connectivity index (χ4v) is 3.66. The molecule has 1 amide bonds. The molecule has 0 aromatic carbocycles. The third-order valence-electron chi connectivity index (χ3n) is 4.58. The molecule has 2 aliphatic rings. The number of hydrogen-bond donors (Lipinski definition) is 1. The first-order valence-electron chi connectivity index (χ1n) is 7.87. The number of carboxylic acids is 1.